The second-order valence-corrected chi connectivity index (χ2v) is 12.0. The summed E-state index contributed by atoms with van der Waals surface area (Å²) in [6.07, 6.45) is 4.78. The van der Waals surface area contributed by atoms with Crippen LogP contribution in [-0.4, -0.2) is 42.0 Å². The Bertz CT molecular complexity index is 1160. The van der Waals surface area contributed by atoms with Crippen LogP contribution in [0, 0.1) is 0 Å². The minimum atomic E-state index is -3.99. The van der Waals surface area contributed by atoms with Gasteiger partial charge < -0.3 is 10.6 Å². The molecule has 0 radical (unpaired) electrons. The van der Waals surface area contributed by atoms with E-state index in [0.29, 0.717) is 25.9 Å². The highest BCUT2D eigenvalue weighted by molar-refractivity contribution is 7.90. The third-order valence-electron chi connectivity index (χ3n) is 4.84. The molecule has 0 bridgehead atoms. The first kappa shape index (κ1) is 29.7. The van der Waals surface area contributed by atoms with Gasteiger partial charge in [-0.25, -0.2) is 35.9 Å². The van der Waals surface area contributed by atoms with Crippen molar-refractivity contribution < 1.29 is 26.4 Å². The lowest BCUT2D eigenvalue weighted by Crippen LogP contribution is -2.39. The minimum Gasteiger partial charge on any atom is -0.337 e. The maximum Gasteiger partial charge on any atom is 0.328 e. The third kappa shape index (κ3) is 10.6. The maximum atomic E-state index is 12.1. The standard InChI is InChI=1S/C22H28Cl2N4O6S2/c23-17-9-7-11-19(15-17)35(31,32)27-21(29)25-13-5-3-1-2-4-6-14-26-22(30)28-36(33,34)20-12-8-10-18(24)16-20/h7-12,15-16H,1-6,13-14H2,(H2,25,27,29)(H2,26,28,30). The van der Waals surface area contributed by atoms with Crippen molar-refractivity contribution in [3.8, 4) is 0 Å². The molecule has 2 rings (SSSR count). The molecule has 0 saturated carbocycles. The molecule has 2 aromatic carbocycles. The van der Waals surface area contributed by atoms with Gasteiger partial charge in [0.1, 0.15) is 0 Å². The number of hydrogen-bond donors (Lipinski definition) is 4. The number of urea groups is 2. The van der Waals surface area contributed by atoms with Crippen LogP contribution in [0.1, 0.15) is 38.5 Å². The van der Waals surface area contributed by atoms with Crippen LogP contribution < -0.4 is 20.1 Å². The molecule has 0 saturated heterocycles. The zero-order valence-electron chi connectivity index (χ0n) is 19.3. The number of amides is 4. The molecule has 0 spiro atoms. The van der Waals surface area contributed by atoms with Gasteiger partial charge in [0.15, 0.2) is 0 Å². The smallest absolute Gasteiger partial charge is 0.328 e. The second-order valence-electron chi connectivity index (χ2n) is 7.76. The fourth-order valence-corrected chi connectivity index (χ4v) is 5.52. The fraction of sp³-hybridized carbons (Fsp3) is 0.364. The van der Waals surface area contributed by atoms with Gasteiger partial charge in [-0.05, 0) is 49.2 Å². The number of carbonyl (C=O) groups is 2. The predicted octanol–water partition coefficient (Wildman–Crippen LogP) is 4.01. The van der Waals surface area contributed by atoms with Crippen LogP contribution in [-0.2, 0) is 20.0 Å². The molecule has 0 aliphatic rings. The van der Waals surface area contributed by atoms with Gasteiger partial charge in [-0.3, -0.25) is 0 Å². The number of halogens is 2. The molecule has 0 aromatic heterocycles. The molecule has 0 aliphatic carbocycles. The van der Waals surface area contributed by atoms with Gasteiger partial charge >= 0.3 is 12.1 Å². The predicted molar refractivity (Wildman–Crippen MR) is 138 cm³/mol. The average Bonchev–Trinajstić information content (AvgIpc) is 2.79. The normalized spacial score (nSPS) is 11.5. The molecule has 4 N–H and O–H groups in total. The Hall–Kier alpha value is -2.54. The summed E-state index contributed by atoms with van der Waals surface area (Å²) in [5.41, 5.74) is 0. The lowest BCUT2D eigenvalue weighted by molar-refractivity contribution is 0.244. The maximum absolute atomic E-state index is 12.1. The Labute approximate surface area is 221 Å². The van der Waals surface area contributed by atoms with E-state index in [-0.39, 0.29) is 19.8 Å². The van der Waals surface area contributed by atoms with Gasteiger partial charge in [0.25, 0.3) is 20.0 Å². The number of hydrogen-bond acceptors (Lipinski definition) is 6. The monoisotopic (exact) mass is 578 g/mol. The molecule has 0 atom stereocenters. The van der Waals surface area contributed by atoms with Crippen LogP contribution in [0.4, 0.5) is 9.59 Å². The van der Waals surface area contributed by atoms with E-state index in [1.165, 1.54) is 48.5 Å². The van der Waals surface area contributed by atoms with Crippen molar-refractivity contribution in [3.05, 3.63) is 58.6 Å². The highest BCUT2D eigenvalue weighted by Gasteiger charge is 2.18. The van der Waals surface area contributed by atoms with E-state index >= 15 is 0 Å². The molecule has 0 unspecified atom stereocenters. The molecule has 2 aromatic rings. The number of benzene rings is 2. The number of carbonyl (C=O) groups excluding carboxylic acids is 2. The van der Waals surface area contributed by atoms with Crippen molar-refractivity contribution in [1.29, 1.82) is 0 Å². The van der Waals surface area contributed by atoms with E-state index in [4.69, 9.17) is 23.2 Å². The molecule has 4 amide bonds. The lowest BCUT2D eigenvalue weighted by Gasteiger charge is -2.09. The molecule has 0 fully saturated rings. The van der Waals surface area contributed by atoms with Crippen molar-refractivity contribution in [2.75, 3.05) is 13.1 Å². The van der Waals surface area contributed by atoms with Gasteiger partial charge in [0.05, 0.1) is 9.79 Å². The van der Waals surface area contributed by atoms with Gasteiger partial charge in [0.2, 0.25) is 0 Å². The van der Waals surface area contributed by atoms with Crippen LogP contribution >= 0.6 is 23.2 Å². The van der Waals surface area contributed by atoms with Crippen LogP contribution in [0.2, 0.25) is 10.0 Å². The Morgan fingerprint density at radius 3 is 1.33 bits per heavy atom. The Morgan fingerprint density at radius 2 is 0.972 bits per heavy atom. The highest BCUT2D eigenvalue weighted by Crippen LogP contribution is 2.16. The van der Waals surface area contributed by atoms with Crippen LogP contribution in [0.3, 0.4) is 0 Å². The number of nitrogens with one attached hydrogen (secondary N) is 4. The van der Waals surface area contributed by atoms with Crippen LogP contribution in [0.15, 0.2) is 58.3 Å². The molecular formula is C22H28Cl2N4O6S2. The minimum absolute atomic E-state index is 0.0974. The van der Waals surface area contributed by atoms with E-state index in [1.54, 1.807) is 0 Å². The van der Waals surface area contributed by atoms with Crippen molar-refractivity contribution in [3.63, 3.8) is 0 Å². The number of unbranched alkanes of at least 4 members (excludes halogenated alkanes) is 5. The van der Waals surface area contributed by atoms with Crippen molar-refractivity contribution in [2.24, 2.45) is 0 Å². The van der Waals surface area contributed by atoms with Crippen molar-refractivity contribution >= 4 is 55.3 Å². The van der Waals surface area contributed by atoms with Gasteiger partial charge in [-0.2, -0.15) is 0 Å². The van der Waals surface area contributed by atoms with E-state index in [0.717, 1.165) is 25.7 Å². The Kier molecular flexibility index (Phi) is 11.8. The lowest BCUT2D eigenvalue weighted by atomic mass is 10.1. The van der Waals surface area contributed by atoms with E-state index < -0.39 is 32.1 Å². The first-order valence-corrected chi connectivity index (χ1v) is 14.8. The highest BCUT2D eigenvalue weighted by atomic mass is 35.5. The zero-order valence-corrected chi connectivity index (χ0v) is 22.4. The molecule has 198 valence electrons. The summed E-state index contributed by atoms with van der Waals surface area (Å²) in [5.74, 6) is 0. The van der Waals surface area contributed by atoms with Gasteiger partial charge in [-0.1, -0.05) is 61.0 Å². The number of rotatable bonds is 13. The molecule has 10 nitrogen and oxygen atoms in total. The van der Waals surface area contributed by atoms with Crippen molar-refractivity contribution in [1.82, 2.24) is 20.1 Å². The summed E-state index contributed by atoms with van der Waals surface area (Å²) in [4.78, 5) is 23.5. The Morgan fingerprint density at radius 1 is 0.611 bits per heavy atom. The van der Waals surface area contributed by atoms with E-state index in [9.17, 15) is 26.4 Å². The van der Waals surface area contributed by atoms with Crippen LogP contribution in [0.25, 0.3) is 0 Å². The summed E-state index contributed by atoms with van der Waals surface area (Å²) in [6.45, 7) is 0.638. The fourth-order valence-electron chi connectivity index (χ4n) is 3.06. The average molecular weight is 580 g/mol. The largest absolute Gasteiger partial charge is 0.337 e. The summed E-state index contributed by atoms with van der Waals surface area (Å²) in [7, 11) is -7.99. The van der Waals surface area contributed by atoms with Crippen molar-refractivity contribution in [2.45, 2.75) is 48.3 Å². The van der Waals surface area contributed by atoms with E-state index in [2.05, 4.69) is 10.6 Å². The summed E-state index contributed by atoms with van der Waals surface area (Å²) in [5, 5.41) is 5.51. The quantitative estimate of drug-likeness (QED) is 0.264. The molecule has 14 heteroatoms. The topological polar surface area (TPSA) is 151 Å². The first-order chi connectivity index (χ1) is 17.0. The molecular weight excluding hydrogens is 551 g/mol. The number of sulfonamides is 2. The molecule has 0 heterocycles. The van der Waals surface area contributed by atoms with Gasteiger partial charge in [-0.15, -0.1) is 0 Å². The summed E-state index contributed by atoms with van der Waals surface area (Å²) < 4.78 is 52.5. The van der Waals surface area contributed by atoms with Gasteiger partial charge in [0, 0.05) is 23.1 Å². The zero-order chi connectivity index (χ0) is 26.6. The first-order valence-electron chi connectivity index (χ1n) is 11.1. The molecule has 36 heavy (non-hydrogen) atoms. The third-order valence-corrected chi connectivity index (χ3v) is 7.97. The summed E-state index contributed by atoms with van der Waals surface area (Å²) in [6, 6.07) is 9.59. The van der Waals surface area contributed by atoms with E-state index in [1.807, 2.05) is 9.44 Å². The Balaban J connectivity index is 1.51. The summed E-state index contributed by atoms with van der Waals surface area (Å²) >= 11 is 11.6. The van der Waals surface area contributed by atoms with Crippen LogP contribution in [0.5, 0.6) is 0 Å². The molecule has 0 aliphatic heterocycles. The SMILES string of the molecule is O=C(NCCCCCCCCNC(=O)NS(=O)(=O)c1cccc(Cl)c1)NS(=O)(=O)c1cccc(Cl)c1. The second kappa shape index (κ2) is 14.3.